The second kappa shape index (κ2) is 5.51. The standard InChI is InChI=1S/C11H14N4O2/c1-8-14-11(15-17-8)10(13-5-6-16)9-3-2-4-12-7-9/h2-4,7,10,13,16H,5-6H2,1H3. The van der Waals surface area contributed by atoms with E-state index in [0.717, 1.165) is 5.56 Å². The number of rotatable bonds is 5. The van der Waals surface area contributed by atoms with Crippen molar-refractivity contribution in [3.05, 3.63) is 41.8 Å². The molecule has 2 rings (SSSR count). The topological polar surface area (TPSA) is 84.1 Å². The van der Waals surface area contributed by atoms with Crippen molar-refractivity contribution in [3.8, 4) is 0 Å². The maximum absolute atomic E-state index is 8.87. The summed E-state index contributed by atoms with van der Waals surface area (Å²) in [7, 11) is 0. The van der Waals surface area contributed by atoms with Gasteiger partial charge in [-0.05, 0) is 11.6 Å². The first kappa shape index (κ1) is 11.7. The van der Waals surface area contributed by atoms with E-state index in [9.17, 15) is 0 Å². The highest BCUT2D eigenvalue weighted by molar-refractivity contribution is 5.20. The van der Waals surface area contributed by atoms with E-state index in [0.29, 0.717) is 18.3 Å². The summed E-state index contributed by atoms with van der Waals surface area (Å²) in [6, 6.07) is 3.55. The molecule has 1 atom stereocenters. The highest BCUT2D eigenvalue weighted by atomic mass is 16.5. The first-order valence-electron chi connectivity index (χ1n) is 5.35. The molecule has 17 heavy (non-hydrogen) atoms. The molecule has 0 saturated heterocycles. The number of pyridine rings is 1. The molecule has 0 aromatic carbocycles. The fraction of sp³-hybridized carbons (Fsp3) is 0.364. The van der Waals surface area contributed by atoms with Crippen LogP contribution in [0.15, 0.2) is 29.0 Å². The van der Waals surface area contributed by atoms with Crippen LogP contribution in [0, 0.1) is 6.92 Å². The van der Waals surface area contributed by atoms with Crippen LogP contribution in [0.2, 0.25) is 0 Å². The van der Waals surface area contributed by atoms with Crippen LogP contribution < -0.4 is 5.32 Å². The Bertz CT molecular complexity index is 458. The quantitative estimate of drug-likeness (QED) is 0.781. The molecule has 0 fully saturated rings. The average Bonchev–Trinajstić information content (AvgIpc) is 2.78. The third kappa shape index (κ3) is 2.86. The number of hydrogen-bond donors (Lipinski definition) is 2. The van der Waals surface area contributed by atoms with Crippen LogP contribution in [0.1, 0.15) is 23.3 Å². The summed E-state index contributed by atoms with van der Waals surface area (Å²) < 4.78 is 4.96. The maximum atomic E-state index is 8.87. The highest BCUT2D eigenvalue weighted by Crippen LogP contribution is 2.18. The zero-order valence-corrected chi connectivity index (χ0v) is 9.50. The molecular formula is C11H14N4O2. The van der Waals surface area contributed by atoms with Gasteiger partial charge in [0.25, 0.3) is 0 Å². The molecule has 1 unspecified atom stereocenters. The molecule has 0 aliphatic carbocycles. The molecular weight excluding hydrogens is 220 g/mol. The van der Waals surface area contributed by atoms with Crippen LogP contribution in [0.5, 0.6) is 0 Å². The van der Waals surface area contributed by atoms with Crippen LogP contribution in [0.25, 0.3) is 0 Å². The van der Waals surface area contributed by atoms with E-state index in [-0.39, 0.29) is 12.6 Å². The van der Waals surface area contributed by atoms with Crippen molar-refractivity contribution >= 4 is 0 Å². The summed E-state index contributed by atoms with van der Waals surface area (Å²) in [5, 5.41) is 15.9. The number of aryl methyl sites for hydroxylation is 1. The van der Waals surface area contributed by atoms with E-state index in [2.05, 4.69) is 20.4 Å². The van der Waals surface area contributed by atoms with E-state index in [1.165, 1.54) is 0 Å². The molecule has 2 N–H and O–H groups in total. The zero-order valence-electron chi connectivity index (χ0n) is 9.50. The smallest absolute Gasteiger partial charge is 0.223 e. The summed E-state index contributed by atoms with van der Waals surface area (Å²) in [6.07, 6.45) is 3.44. The van der Waals surface area contributed by atoms with Crippen molar-refractivity contribution < 1.29 is 9.63 Å². The van der Waals surface area contributed by atoms with Gasteiger partial charge in [-0.1, -0.05) is 11.2 Å². The minimum Gasteiger partial charge on any atom is -0.395 e. The summed E-state index contributed by atoms with van der Waals surface area (Å²) in [6.45, 7) is 2.24. The van der Waals surface area contributed by atoms with Crippen molar-refractivity contribution in [2.75, 3.05) is 13.2 Å². The van der Waals surface area contributed by atoms with E-state index in [4.69, 9.17) is 9.63 Å². The monoisotopic (exact) mass is 234 g/mol. The zero-order chi connectivity index (χ0) is 12.1. The van der Waals surface area contributed by atoms with Crippen LogP contribution >= 0.6 is 0 Å². The van der Waals surface area contributed by atoms with Crippen LogP contribution in [0.3, 0.4) is 0 Å². The third-order valence-corrected chi connectivity index (χ3v) is 2.28. The second-order valence-electron chi connectivity index (χ2n) is 3.57. The molecule has 0 bridgehead atoms. The summed E-state index contributed by atoms with van der Waals surface area (Å²) in [4.78, 5) is 8.25. The van der Waals surface area contributed by atoms with Gasteiger partial charge in [0, 0.05) is 25.9 Å². The molecule has 0 aliphatic heterocycles. The normalized spacial score (nSPS) is 12.6. The van der Waals surface area contributed by atoms with Crippen molar-refractivity contribution in [2.24, 2.45) is 0 Å². The predicted octanol–water partition coefficient (Wildman–Crippen LogP) is 0.444. The van der Waals surface area contributed by atoms with Gasteiger partial charge < -0.3 is 14.9 Å². The van der Waals surface area contributed by atoms with Gasteiger partial charge in [0.1, 0.15) is 0 Å². The lowest BCUT2D eigenvalue weighted by atomic mass is 10.1. The molecule has 6 heteroatoms. The molecule has 90 valence electrons. The van der Waals surface area contributed by atoms with Gasteiger partial charge in [-0.25, -0.2) is 0 Å². The number of hydrogen-bond acceptors (Lipinski definition) is 6. The van der Waals surface area contributed by atoms with Crippen molar-refractivity contribution in [2.45, 2.75) is 13.0 Å². The Morgan fingerprint density at radius 3 is 3.00 bits per heavy atom. The van der Waals surface area contributed by atoms with E-state index in [1.807, 2.05) is 12.1 Å². The van der Waals surface area contributed by atoms with E-state index in [1.54, 1.807) is 19.3 Å². The largest absolute Gasteiger partial charge is 0.395 e. The second-order valence-corrected chi connectivity index (χ2v) is 3.57. The Hall–Kier alpha value is -1.79. The summed E-state index contributed by atoms with van der Waals surface area (Å²) in [5.41, 5.74) is 0.932. The number of aromatic nitrogens is 3. The Kier molecular flexibility index (Phi) is 3.79. The predicted molar refractivity (Wildman–Crippen MR) is 60.2 cm³/mol. The molecule has 0 aliphatic rings. The van der Waals surface area contributed by atoms with Crippen LogP contribution in [-0.2, 0) is 0 Å². The molecule has 0 amide bonds. The molecule has 2 aromatic rings. The molecule has 2 heterocycles. The van der Waals surface area contributed by atoms with E-state index < -0.39 is 0 Å². The summed E-state index contributed by atoms with van der Waals surface area (Å²) in [5.74, 6) is 1.06. The molecule has 0 radical (unpaired) electrons. The maximum Gasteiger partial charge on any atom is 0.223 e. The Balaban J connectivity index is 2.25. The fourth-order valence-corrected chi connectivity index (χ4v) is 1.55. The Morgan fingerprint density at radius 2 is 2.41 bits per heavy atom. The fourth-order valence-electron chi connectivity index (χ4n) is 1.55. The van der Waals surface area contributed by atoms with Crippen molar-refractivity contribution in [1.82, 2.24) is 20.4 Å². The molecule has 0 saturated carbocycles. The SMILES string of the molecule is Cc1nc(C(NCCO)c2cccnc2)no1. The highest BCUT2D eigenvalue weighted by Gasteiger charge is 2.18. The number of aliphatic hydroxyl groups excluding tert-OH is 1. The van der Waals surface area contributed by atoms with Gasteiger partial charge in [0.2, 0.25) is 5.89 Å². The van der Waals surface area contributed by atoms with Crippen LogP contribution in [-0.4, -0.2) is 33.4 Å². The lowest BCUT2D eigenvalue weighted by Crippen LogP contribution is -2.26. The lowest BCUT2D eigenvalue weighted by Gasteiger charge is -2.14. The molecule has 0 spiro atoms. The molecule has 2 aromatic heterocycles. The van der Waals surface area contributed by atoms with Gasteiger partial charge in [-0.15, -0.1) is 0 Å². The molecule has 6 nitrogen and oxygen atoms in total. The minimum atomic E-state index is -0.215. The van der Waals surface area contributed by atoms with Crippen molar-refractivity contribution in [3.63, 3.8) is 0 Å². The van der Waals surface area contributed by atoms with Gasteiger partial charge >= 0.3 is 0 Å². The number of nitrogens with zero attached hydrogens (tertiary/aromatic N) is 3. The number of nitrogens with one attached hydrogen (secondary N) is 1. The first-order valence-corrected chi connectivity index (χ1v) is 5.35. The lowest BCUT2D eigenvalue weighted by molar-refractivity contribution is 0.286. The van der Waals surface area contributed by atoms with Crippen LogP contribution in [0.4, 0.5) is 0 Å². The average molecular weight is 234 g/mol. The van der Waals surface area contributed by atoms with Gasteiger partial charge in [-0.2, -0.15) is 4.98 Å². The van der Waals surface area contributed by atoms with Crippen molar-refractivity contribution in [1.29, 1.82) is 0 Å². The minimum absolute atomic E-state index is 0.0492. The van der Waals surface area contributed by atoms with Gasteiger partial charge in [0.05, 0.1) is 12.6 Å². The third-order valence-electron chi connectivity index (χ3n) is 2.28. The number of aliphatic hydroxyl groups is 1. The first-order chi connectivity index (χ1) is 8.31. The summed E-state index contributed by atoms with van der Waals surface area (Å²) >= 11 is 0. The Morgan fingerprint density at radius 1 is 1.53 bits per heavy atom. The Labute approximate surface area is 98.7 Å². The van der Waals surface area contributed by atoms with Gasteiger partial charge in [0.15, 0.2) is 5.82 Å². The van der Waals surface area contributed by atoms with Gasteiger partial charge in [-0.3, -0.25) is 4.98 Å². The van der Waals surface area contributed by atoms with E-state index >= 15 is 0 Å².